The van der Waals surface area contributed by atoms with E-state index in [0.717, 1.165) is 25.2 Å². The van der Waals surface area contributed by atoms with Crippen LogP contribution in [-0.2, 0) is 11.0 Å². The smallest absolute Gasteiger partial charge is 0.416 e. The van der Waals surface area contributed by atoms with Gasteiger partial charge >= 0.3 is 12.1 Å². The molecule has 1 aliphatic heterocycles. The van der Waals surface area contributed by atoms with Crippen LogP contribution in [0.2, 0.25) is 0 Å². The lowest BCUT2D eigenvalue weighted by Gasteiger charge is -2.41. The molecular weight excluding hydrogens is 309 g/mol. The van der Waals surface area contributed by atoms with Crippen molar-refractivity contribution in [2.45, 2.75) is 32.1 Å². The Bertz CT molecular complexity index is 545. The molecule has 1 N–H and O–H groups in total. The van der Waals surface area contributed by atoms with Crippen LogP contribution in [0.25, 0.3) is 0 Å². The number of hydrogen-bond donors (Lipinski definition) is 1. The molecule has 1 aliphatic rings. The number of carboxylic acids is 1. The molecule has 1 saturated heterocycles. The molecule has 128 valence electrons. The van der Waals surface area contributed by atoms with Crippen LogP contribution in [0, 0.1) is 0 Å². The number of nitrogens with zero attached hydrogens (tertiary/aromatic N) is 2. The molecule has 0 saturated carbocycles. The Balaban J connectivity index is 2.21. The van der Waals surface area contributed by atoms with E-state index in [4.69, 9.17) is 0 Å². The van der Waals surface area contributed by atoms with Gasteiger partial charge < -0.3 is 5.11 Å². The first-order chi connectivity index (χ1) is 10.7. The van der Waals surface area contributed by atoms with Crippen LogP contribution in [0.4, 0.5) is 13.2 Å². The molecule has 0 bridgehead atoms. The summed E-state index contributed by atoms with van der Waals surface area (Å²) in [7, 11) is 0. The summed E-state index contributed by atoms with van der Waals surface area (Å²) in [5.74, 6) is -1.04. The van der Waals surface area contributed by atoms with Crippen LogP contribution in [0.1, 0.15) is 31.0 Å². The molecule has 0 aromatic heterocycles. The van der Waals surface area contributed by atoms with E-state index < -0.39 is 23.8 Å². The number of benzene rings is 1. The molecule has 23 heavy (non-hydrogen) atoms. The van der Waals surface area contributed by atoms with Crippen molar-refractivity contribution in [2.24, 2.45) is 0 Å². The third kappa shape index (κ3) is 4.03. The maximum absolute atomic E-state index is 12.6. The topological polar surface area (TPSA) is 43.8 Å². The maximum Gasteiger partial charge on any atom is 0.416 e. The van der Waals surface area contributed by atoms with Gasteiger partial charge in [0.15, 0.2) is 0 Å². The average Bonchev–Trinajstić information content (AvgIpc) is 2.47. The van der Waals surface area contributed by atoms with Gasteiger partial charge in [0.25, 0.3) is 0 Å². The SMILES string of the molecule is CCN1CCN(C(C(=O)O)c2ccc(C(F)(F)F)cc2)CC1C. The highest BCUT2D eigenvalue weighted by Crippen LogP contribution is 2.31. The summed E-state index contributed by atoms with van der Waals surface area (Å²) in [6.07, 6.45) is -4.42. The number of halogens is 3. The largest absolute Gasteiger partial charge is 0.480 e. The van der Waals surface area contributed by atoms with Crippen molar-refractivity contribution in [3.63, 3.8) is 0 Å². The molecule has 0 radical (unpaired) electrons. The molecule has 1 aromatic rings. The molecular formula is C16H21F3N2O2. The number of aliphatic carboxylic acids is 1. The van der Waals surface area contributed by atoms with Gasteiger partial charge in [0.05, 0.1) is 5.56 Å². The molecule has 2 rings (SSSR count). The van der Waals surface area contributed by atoms with E-state index in [9.17, 15) is 23.1 Å². The fraction of sp³-hybridized carbons (Fsp3) is 0.562. The number of hydrogen-bond acceptors (Lipinski definition) is 3. The van der Waals surface area contributed by atoms with Gasteiger partial charge in [-0.25, -0.2) is 0 Å². The van der Waals surface area contributed by atoms with Gasteiger partial charge in [0.1, 0.15) is 6.04 Å². The van der Waals surface area contributed by atoms with E-state index in [1.54, 1.807) is 0 Å². The number of rotatable bonds is 4. The number of likely N-dealkylation sites (N-methyl/N-ethyl adjacent to an activating group) is 1. The number of piperazine rings is 1. The van der Waals surface area contributed by atoms with Crippen LogP contribution in [-0.4, -0.2) is 53.1 Å². The molecule has 2 atom stereocenters. The summed E-state index contributed by atoms with van der Waals surface area (Å²) in [5.41, 5.74) is -0.391. The van der Waals surface area contributed by atoms with Gasteiger partial charge in [0.2, 0.25) is 0 Å². The van der Waals surface area contributed by atoms with E-state index in [1.807, 2.05) is 11.8 Å². The summed E-state index contributed by atoms with van der Waals surface area (Å²) in [6.45, 7) is 6.88. The minimum atomic E-state index is -4.42. The normalized spacial score (nSPS) is 22.0. The third-order valence-corrected chi connectivity index (χ3v) is 4.36. The molecule has 1 heterocycles. The molecule has 2 unspecified atom stereocenters. The molecule has 0 aliphatic carbocycles. The highest BCUT2D eigenvalue weighted by atomic mass is 19.4. The van der Waals surface area contributed by atoms with Gasteiger partial charge in [-0.1, -0.05) is 19.1 Å². The highest BCUT2D eigenvalue weighted by Gasteiger charge is 2.34. The Kier molecular flexibility index (Phi) is 5.31. The summed E-state index contributed by atoms with van der Waals surface area (Å²) in [4.78, 5) is 15.7. The third-order valence-electron chi connectivity index (χ3n) is 4.36. The second-order valence-electron chi connectivity index (χ2n) is 5.83. The standard InChI is InChI=1S/C16H21F3N2O2/c1-3-20-8-9-21(10-11(20)2)14(15(22)23)12-4-6-13(7-5-12)16(17,18)19/h4-7,11,14H,3,8-10H2,1-2H3,(H,22,23). The zero-order chi connectivity index (χ0) is 17.2. The van der Waals surface area contributed by atoms with Gasteiger partial charge in [-0.15, -0.1) is 0 Å². The minimum absolute atomic E-state index is 0.213. The van der Waals surface area contributed by atoms with Crippen molar-refractivity contribution in [3.05, 3.63) is 35.4 Å². The van der Waals surface area contributed by atoms with Crippen LogP contribution >= 0.6 is 0 Å². The summed E-state index contributed by atoms with van der Waals surface area (Å²) in [6, 6.07) is 3.70. The maximum atomic E-state index is 12.6. The zero-order valence-electron chi connectivity index (χ0n) is 13.2. The quantitative estimate of drug-likeness (QED) is 0.922. The first-order valence-electron chi connectivity index (χ1n) is 7.62. The number of carbonyl (C=O) groups is 1. The van der Waals surface area contributed by atoms with Crippen molar-refractivity contribution in [1.82, 2.24) is 9.80 Å². The monoisotopic (exact) mass is 330 g/mol. The summed E-state index contributed by atoms with van der Waals surface area (Å²) in [5, 5.41) is 9.54. The first-order valence-corrected chi connectivity index (χ1v) is 7.62. The Morgan fingerprint density at radius 3 is 2.35 bits per heavy atom. The lowest BCUT2D eigenvalue weighted by atomic mass is 10.0. The van der Waals surface area contributed by atoms with Gasteiger partial charge in [-0.3, -0.25) is 14.6 Å². The van der Waals surface area contributed by atoms with Crippen molar-refractivity contribution in [3.8, 4) is 0 Å². The molecule has 0 amide bonds. The molecule has 7 heteroatoms. The van der Waals surface area contributed by atoms with Crippen LogP contribution in [0.3, 0.4) is 0 Å². The van der Waals surface area contributed by atoms with Gasteiger partial charge in [-0.2, -0.15) is 13.2 Å². The van der Waals surface area contributed by atoms with Crippen molar-refractivity contribution in [2.75, 3.05) is 26.2 Å². The second kappa shape index (κ2) is 6.88. The van der Waals surface area contributed by atoms with Crippen LogP contribution in [0.15, 0.2) is 24.3 Å². The predicted octanol–water partition coefficient (Wildman–Crippen LogP) is 2.86. The van der Waals surface area contributed by atoms with Crippen molar-refractivity contribution in [1.29, 1.82) is 0 Å². The summed E-state index contributed by atoms with van der Waals surface area (Å²) >= 11 is 0. The fourth-order valence-corrected chi connectivity index (χ4v) is 3.09. The fourth-order valence-electron chi connectivity index (χ4n) is 3.09. The van der Waals surface area contributed by atoms with E-state index >= 15 is 0 Å². The predicted molar refractivity (Wildman–Crippen MR) is 80.1 cm³/mol. The van der Waals surface area contributed by atoms with E-state index in [2.05, 4.69) is 11.8 Å². The van der Waals surface area contributed by atoms with Crippen molar-refractivity contribution < 1.29 is 23.1 Å². The Labute approximate surface area is 133 Å². The second-order valence-corrected chi connectivity index (χ2v) is 5.83. The van der Waals surface area contributed by atoms with E-state index in [0.29, 0.717) is 18.7 Å². The van der Waals surface area contributed by atoms with Crippen molar-refractivity contribution >= 4 is 5.97 Å². The molecule has 1 aromatic carbocycles. The van der Waals surface area contributed by atoms with E-state index in [-0.39, 0.29) is 6.04 Å². The molecule has 1 fully saturated rings. The van der Waals surface area contributed by atoms with Crippen LogP contribution in [0.5, 0.6) is 0 Å². The zero-order valence-corrected chi connectivity index (χ0v) is 13.2. The summed E-state index contributed by atoms with van der Waals surface area (Å²) < 4.78 is 37.9. The Morgan fingerprint density at radius 2 is 1.91 bits per heavy atom. The van der Waals surface area contributed by atoms with Gasteiger partial charge in [0, 0.05) is 25.7 Å². The molecule has 0 spiro atoms. The first kappa shape index (κ1) is 17.7. The van der Waals surface area contributed by atoms with E-state index in [1.165, 1.54) is 12.1 Å². The molecule has 4 nitrogen and oxygen atoms in total. The number of carboxylic acid groups (broad SMARTS) is 1. The Hall–Kier alpha value is -1.60. The average molecular weight is 330 g/mol. The lowest BCUT2D eigenvalue weighted by molar-refractivity contribution is -0.144. The Morgan fingerprint density at radius 1 is 1.30 bits per heavy atom. The minimum Gasteiger partial charge on any atom is -0.480 e. The number of alkyl halides is 3. The van der Waals surface area contributed by atoms with Crippen LogP contribution < -0.4 is 0 Å². The lowest BCUT2D eigenvalue weighted by Crippen LogP contribution is -2.53. The van der Waals surface area contributed by atoms with Gasteiger partial charge in [-0.05, 0) is 31.2 Å². The highest BCUT2D eigenvalue weighted by molar-refractivity contribution is 5.75.